The Bertz CT molecular complexity index is 811. The number of rotatable bonds is 5. The second-order valence-corrected chi connectivity index (χ2v) is 5.92. The summed E-state index contributed by atoms with van der Waals surface area (Å²) in [6.45, 7) is 3.31. The first-order valence-electron chi connectivity index (χ1n) is 7.08. The molecule has 24 heavy (non-hydrogen) atoms. The molecule has 0 unspecified atom stereocenters. The minimum atomic E-state index is -0.437. The maximum Gasteiger partial charge on any atom is 0.278 e. The minimum absolute atomic E-state index is 0.155. The highest BCUT2D eigenvalue weighted by Gasteiger charge is 2.11. The summed E-state index contributed by atoms with van der Waals surface area (Å²) in [5.74, 6) is -0.282. The van der Waals surface area contributed by atoms with E-state index in [1.807, 2.05) is 30.3 Å². The third kappa shape index (κ3) is 4.89. The van der Waals surface area contributed by atoms with Gasteiger partial charge in [-0.25, -0.2) is 10.4 Å². The molecule has 1 aromatic heterocycles. The summed E-state index contributed by atoms with van der Waals surface area (Å²) in [6.07, 6.45) is 1.53. The molecule has 6 nitrogen and oxygen atoms in total. The topological polar surface area (TPSA) is 87.4 Å². The first-order chi connectivity index (χ1) is 11.5. The quantitative estimate of drug-likeness (QED) is 0.631. The van der Waals surface area contributed by atoms with Crippen LogP contribution in [0.15, 0.2) is 39.9 Å². The van der Waals surface area contributed by atoms with Crippen LogP contribution in [0.1, 0.15) is 22.4 Å². The van der Waals surface area contributed by atoms with Crippen molar-refractivity contribution in [3.05, 3.63) is 57.2 Å². The highest BCUT2D eigenvalue weighted by atomic mass is 79.9. The summed E-state index contributed by atoms with van der Waals surface area (Å²) < 4.78 is 6.31. The SMILES string of the molecule is Cc1cc(C)c(C#N)c(OCC(=O)NN=Cc2ccc(Br)cc2)n1. The highest BCUT2D eigenvalue weighted by Crippen LogP contribution is 2.19. The van der Waals surface area contributed by atoms with E-state index in [9.17, 15) is 4.79 Å². The first-order valence-corrected chi connectivity index (χ1v) is 7.87. The number of aryl methyl sites for hydroxylation is 2. The van der Waals surface area contributed by atoms with Crippen LogP contribution in [0.25, 0.3) is 0 Å². The van der Waals surface area contributed by atoms with E-state index in [1.54, 1.807) is 19.9 Å². The van der Waals surface area contributed by atoms with Gasteiger partial charge >= 0.3 is 0 Å². The van der Waals surface area contributed by atoms with Gasteiger partial charge < -0.3 is 4.74 Å². The molecular formula is C17H15BrN4O2. The van der Waals surface area contributed by atoms with Gasteiger partial charge in [0.15, 0.2) is 6.61 Å². The van der Waals surface area contributed by atoms with Crippen molar-refractivity contribution in [1.29, 1.82) is 5.26 Å². The number of ether oxygens (including phenoxy) is 1. The van der Waals surface area contributed by atoms with Crippen LogP contribution in [0.3, 0.4) is 0 Å². The molecule has 2 aromatic rings. The number of halogens is 1. The predicted octanol–water partition coefficient (Wildman–Crippen LogP) is 2.86. The van der Waals surface area contributed by atoms with E-state index in [0.717, 1.165) is 21.3 Å². The molecule has 1 aromatic carbocycles. The number of nitriles is 1. The van der Waals surface area contributed by atoms with Gasteiger partial charge in [-0.1, -0.05) is 28.1 Å². The average molecular weight is 387 g/mol. The third-order valence-corrected chi connectivity index (χ3v) is 3.56. The Balaban J connectivity index is 1.92. The van der Waals surface area contributed by atoms with Crippen molar-refractivity contribution >= 4 is 28.1 Å². The molecule has 0 fully saturated rings. The van der Waals surface area contributed by atoms with Crippen LogP contribution in [0, 0.1) is 25.2 Å². The van der Waals surface area contributed by atoms with Crippen molar-refractivity contribution in [3.63, 3.8) is 0 Å². The van der Waals surface area contributed by atoms with Crippen molar-refractivity contribution in [2.45, 2.75) is 13.8 Å². The van der Waals surface area contributed by atoms with Crippen molar-refractivity contribution in [1.82, 2.24) is 10.4 Å². The fraction of sp³-hybridized carbons (Fsp3) is 0.176. The van der Waals surface area contributed by atoms with Crippen LogP contribution in [-0.4, -0.2) is 23.7 Å². The van der Waals surface area contributed by atoms with Gasteiger partial charge in [0.05, 0.1) is 6.21 Å². The summed E-state index contributed by atoms with van der Waals surface area (Å²) in [5.41, 5.74) is 5.02. The number of nitrogens with one attached hydrogen (secondary N) is 1. The molecule has 0 radical (unpaired) electrons. The van der Waals surface area contributed by atoms with Crippen LogP contribution >= 0.6 is 15.9 Å². The minimum Gasteiger partial charge on any atom is -0.467 e. The Hall–Kier alpha value is -2.72. The number of aromatic nitrogens is 1. The van der Waals surface area contributed by atoms with E-state index < -0.39 is 5.91 Å². The lowest BCUT2D eigenvalue weighted by Gasteiger charge is -2.08. The number of benzene rings is 1. The molecule has 0 spiro atoms. The van der Waals surface area contributed by atoms with Gasteiger partial charge in [0.2, 0.25) is 5.88 Å². The molecule has 0 aliphatic rings. The number of hydrazone groups is 1. The monoisotopic (exact) mass is 386 g/mol. The van der Waals surface area contributed by atoms with Crippen LogP contribution in [-0.2, 0) is 4.79 Å². The lowest BCUT2D eigenvalue weighted by Crippen LogP contribution is -2.25. The molecule has 1 N–H and O–H groups in total. The molecule has 1 amide bonds. The van der Waals surface area contributed by atoms with Crippen molar-refractivity contribution in [3.8, 4) is 11.9 Å². The van der Waals surface area contributed by atoms with Crippen molar-refractivity contribution in [2.24, 2.45) is 5.10 Å². The molecule has 0 saturated carbocycles. The van der Waals surface area contributed by atoms with E-state index in [1.165, 1.54) is 6.21 Å². The molecule has 2 rings (SSSR count). The molecule has 122 valence electrons. The molecule has 0 saturated heterocycles. The molecule has 1 heterocycles. The van der Waals surface area contributed by atoms with Crippen molar-refractivity contribution in [2.75, 3.05) is 6.61 Å². The fourth-order valence-corrected chi connectivity index (χ4v) is 2.20. The lowest BCUT2D eigenvalue weighted by molar-refractivity contribution is -0.123. The summed E-state index contributed by atoms with van der Waals surface area (Å²) in [6, 6.07) is 11.3. The molecule has 7 heteroatoms. The fourth-order valence-electron chi connectivity index (χ4n) is 1.94. The number of carbonyl (C=O) groups is 1. The van der Waals surface area contributed by atoms with Gasteiger partial charge in [-0.05, 0) is 43.2 Å². The Kier molecular flexibility index (Phi) is 6.04. The van der Waals surface area contributed by atoms with Crippen LogP contribution in [0.2, 0.25) is 0 Å². The zero-order valence-electron chi connectivity index (χ0n) is 13.2. The largest absolute Gasteiger partial charge is 0.467 e. The Labute approximate surface area is 148 Å². The Morgan fingerprint density at radius 2 is 2.12 bits per heavy atom. The lowest BCUT2D eigenvalue weighted by atomic mass is 10.1. The number of hydrogen-bond donors (Lipinski definition) is 1. The zero-order valence-corrected chi connectivity index (χ0v) is 14.8. The third-order valence-electron chi connectivity index (χ3n) is 3.04. The number of carbonyl (C=O) groups excluding carboxylic acids is 1. The van der Waals surface area contributed by atoms with Gasteiger partial charge in [0.25, 0.3) is 5.91 Å². The smallest absolute Gasteiger partial charge is 0.278 e. The maximum atomic E-state index is 11.8. The van der Waals surface area contributed by atoms with E-state index in [0.29, 0.717) is 5.56 Å². The number of amides is 1. The van der Waals surface area contributed by atoms with Crippen LogP contribution in [0.5, 0.6) is 5.88 Å². The molecular weight excluding hydrogens is 372 g/mol. The van der Waals surface area contributed by atoms with Crippen LogP contribution in [0.4, 0.5) is 0 Å². The van der Waals surface area contributed by atoms with Gasteiger partial charge in [-0.3, -0.25) is 4.79 Å². The summed E-state index contributed by atoms with van der Waals surface area (Å²) in [7, 11) is 0. The number of pyridine rings is 1. The Morgan fingerprint density at radius 1 is 1.42 bits per heavy atom. The van der Waals surface area contributed by atoms with Gasteiger partial charge in [0, 0.05) is 10.2 Å². The molecule has 0 bridgehead atoms. The van der Waals surface area contributed by atoms with E-state index in [-0.39, 0.29) is 12.5 Å². The maximum absolute atomic E-state index is 11.8. The second-order valence-electron chi connectivity index (χ2n) is 5.01. The summed E-state index contributed by atoms with van der Waals surface area (Å²) >= 11 is 3.34. The second kappa shape index (κ2) is 8.22. The number of nitrogens with zero attached hydrogens (tertiary/aromatic N) is 3. The number of hydrogen-bond acceptors (Lipinski definition) is 5. The van der Waals surface area contributed by atoms with Gasteiger partial charge in [0.1, 0.15) is 11.6 Å². The van der Waals surface area contributed by atoms with Gasteiger partial charge in [-0.2, -0.15) is 10.4 Å². The normalized spacial score (nSPS) is 10.4. The average Bonchev–Trinajstić information content (AvgIpc) is 2.54. The van der Waals surface area contributed by atoms with Crippen LogP contribution < -0.4 is 10.2 Å². The molecule has 0 aliphatic heterocycles. The summed E-state index contributed by atoms with van der Waals surface area (Å²) in [5, 5.41) is 13.0. The standard InChI is InChI=1S/C17H15BrN4O2/c1-11-7-12(2)21-17(15(11)8-19)24-10-16(23)22-20-9-13-3-5-14(18)6-4-13/h3-7,9H,10H2,1-2H3,(H,22,23). The van der Waals surface area contributed by atoms with E-state index in [4.69, 9.17) is 10.00 Å². The van der Waals surface area contributed by atoms with E-state index >= 15 is 0 Å². The Morgan fingerprint density at radius 3 is 2.79 bits per heavy atom. The molecule has 0 atom stereocenters. The first kappa shape index (κ1) is 17.6. The zero-order chi connectivity index (χ0) is 17.5. The highest BCUT2D eigenvalue weighted by molar-refractivity contribution is 9.10. The molecule has 0 aliphatic carbocycles. The van der Waals surface area contributed by atoms with Crippen molar-refractivity contribution < 1.29 is 9.53 Å². The summed E-state index contributed by atoms with van der Waals surface area (Å²) in [4.78, 5) is 15.9. The van der Waals surface area contributed by atoms with E-state index in [2.05, 4.69) is 31.4 Å². The predicted molar refractivity (Wildman–Crippen MR) is 93.8 cm³/mol. The van der Waals surface area contributed by atoms with Gasteiger partial charge in [-0.15, -0.1) is 0 Å².